The first-order valence-electron chi connectivity index (χ1n) is 7.10. The van der Waals surface area contributed by atoms with Gasteiger partial charge < -0.3 is 14.6 Å². The molecule has 1 atom stereocenters. The van der Waals surface area contributed by atoms with Crippen molar-refractivity contribution in [3.8, 4) is 11.5 Å². The highest BCUT2D eigenvalue weighted by atomic mass is 16.5. The van der Waals surface area contributed by atoms with Gasteiger partial charge in [-0.3, -0.25) is 0 Å². The van der Waals surface area contributed by atoms with Gasteiger partial charge in [0, 0.05) is 0 Å². The molecule has 0 radical (unpaired) electrons. The van der Waals surface area contributed by atoms with Crippen LogP contribution in [0.2, 0.25) is 0 Å². The molecule has 0 amide bonds. The maximum Gasteiger partial charge on any atom is 0.122 e. The Balaban J connectivity index is 2.21. The third kappa shape index (κ3) is 3.76. The second-order valence-electron chi connectivity index (χ2n) is 5.37. The molecule has 0 aliphatic heterocycles. The monoisotopic (exact) mass is 286 g/mol. The average molecular weight is 286 g/mol. The Labute approximate surface area is 126 Å². The van der Waals surface area contributed by atoms with Crippen LogP contribution < -0.4 is 9.47 Å². The zero-order valence-corrected chi connectivity index (χ0v) is 13.0. The van der Waals surface area contributed by atoms with E-state index >= 15 is 0 Å². The van der Waals surface area contributed by atoms with Gasteiger partial charge in [0.15, 0.2) is 0 Å². The molecular weight excluding hydrogens is 264 g/mol. The van der Waals surface area contributed by atoms with Crippen molar-refractivity contribution in [2.45, 2.75) is 33.0 Å². The van der Waals surface area contributed by atoms with E-state index in [2.05, 4.69) is 0 Å². The lowest BCUT2D eigenvalue weighted by atomic mass is 10.00. The predicted octanol–water partition coefficient (Wildman–Crippen LogP) is 3.87. The van der Waals surface area contributed by atoms with E-state index in [9.17, 15) is 5.11 Å². The highest BCUT2D eigenvalue weighted by Gasteiger charge is 2.12. The Bertz CT molecular complexity index is 588. The first-order valence-corrected chi connectivity index (χ1v) is 7.10. The van der Waals surface area contributed by atoms with Crippen molar-refractivity contribution in [3.05, 3.63) is 59.2 Å². The summed E-state index contributed by atoms with van der Waals surface area (Å²) in [5.41, 5.74) is 2.70. The minimum Gasteiger partial charge on any atom is -0.496 e. The molecule has 0 aliphatic carbocycles. The van der Waals surface area contributed by atoms with Crippen molar-refractivity contribution in [1.82, 2.24) is 0 Å². The van der Waals surface area contributed by atoms with Crippen LogP contribution in [0.15, 0.2) is 42.5 Å². The molecule has 0 aromatic heterocycles. The molecule has 1 unspecified atom stereocenters. The van der Waals surface area contributed by atoms with Crippen LogP contribution in [0.1, 0.15) is 36.6 Å². The lowest BCUT2D eigenvalue weighted by molar-refractivity contribution is 0.219. The highest BCUT2D eigenvalue weighted by Crippen LogP contribution is 2.28. The molecule has 0 heterocycles. The normalized spacial score (nSPS) is 12.3. The van der Waals surface area contributed by atoms with Crippen LogP contribution in [0.25, 0.3) is 0 Å². The highest BCUT2D eigenvalue weighted by molar-refractivity contribution is 5.41. The maximum atomic E-state index is 10.5. The molecule has 3 nitrogen and oxygen atoms in total. The Morgan fingerprint density at radius 2 is 1.57 bits per heavy atom. The fourth-order valence-electron chi connectivity index (χ4n) is 2.20. The fraction of sp³-hybridized carbons (Fsp3) is 0.333. The topological polar surface area (TPSA) is 38.7 Å². The van der Waals surface area contributed by atoms with Crippen molar-refractivity contribution in [2.24, 2.45) is 0 Å². The van der Waals surface area contributed by atoms with Crippen molar-refractivity contribution in [1.29, 1.82) is 0 Å². The number of methoxy groups -OCH3 is 1. The number of rotatable bonds is 5. The number of aryl methyl sites for hydroxylation is 1. The van der Waals surface area contributed by atoms with Crippen LogP contribution in [0.5, 0.6) is 11.5 Å². The summed E-state index contributed by atoms with van der Waals surface area (Å²) in [4.78, 5) is 0. The molecule has 0 bridgehead atoms. The standard InChI is InChI=1S/C18H22O3/c1-12(2)21-16-9-7-14(8-10-16)18(19)15-6-5-13(3)17(11-15)20-4/h5-12,18-19H,1-4H3. The molecule has 112 valence electrons. The number of benzene rings is 2. The largest absolute Gasteiger partial charge is 0.496 e. The molecule has 0 saturated heterocycles. The fourth-order valence-corrected chi connectivity index (χ4v) is 2.20. The molecule has 21 heavy (non-hydrogen) atoms. The second kappa shape index (κ2) is 6.64. The molecule has 0 aliphatic rings. The van der Waals surface area contributed by atoms with Gasteiger partial charge in [-0.2, -0.15) is 0 Å². The Morgan fingerprint density at radius 3 is 2.14 bits per heavy atom. The van der Waals surface area contributed by atoms with Gasteiger partial charge in [-0.25, -0.2) is 0 Å². The van der Waals surface area contributed by atoms with Crippen LogP contribution in [0.3, 0.4) is 0 Å². The van der Waals surface area contributed by atoms with Crippen molar-refractivity contribution < 1.29 is 14.6 Å². The molecule has 2 aromatic rings. The average Bonchev–Trinajstić information content (AvgIpc) is 2.47. The molecular formula is C18H22O3. The minimum atomic E-state index is -0.674. The Kier molecular flexibility index (Phi) is 4.86. The summed E-state index contributed by atoms with van der Waals surface area (Å²) in [6, 6.07) is 13.3. The van der Waals surface area contributed by atoms with E-state index in [0.29, 0.717) is 0 Å². The van der Waals surface area contributed by atoms with Gasteiger partial charge in [0.05, 0.1) is 13.2 Å². The van der Waals surface area contributed by atoms with Gasteiger partial charge in [0.1, 0.15) is 17.6 Å². The van der Waals surface area contributed by atoms with E-state index in [4.69, 9.17) is 9.47 Å². The Morgan fingerprint density at radius 1 is 0.952 bits per heavy atom. The van der Waals surface area contributed by atoms with Crippen molar-refractivity contribution in [2.75, 3.05) is 7.11 Å². The number of aliphatic hydroxyl groups excluding tert-OH is 1. The van der Waals surface area contributed by atoms with E-state index in [1.165, 1.54) is 0 Å². The molecule has 3 heteroatoms. The maximum absolute atomic E-state index is 10.5. The van der Waals surface area contributed by atoms with Crippen LogP contribution in [-0.4, -0.2) is 18.3 Å². The first kappa shape index (κ1) is 15.4. The number of aliphatic hydroxyl groups is 1. The molecule has 1 N–H and O–H groups in total. The van der Waals surface area contributed by atoms with Gasteiger partial charge >= 0.3 is 0 Å². The lowest BCUT2D eigenvalue weighted by Crippen LogP contribution is -2.06. The van der Waals surface area contributed by atoms with E-state index in [1.807, 2.05) is 63.2 Å². The van der Waals surface area contributed by atoms with E-state index in [1.54, 1.807) is 7.11 Å². The first-order chi connectivity index (χ1) is 10.0. The SMILES string of the molecule is COc1cc(C(O)c2ccc(OC(C)C)cc2)ccc1C. The summed E-state index contributed by atoms with van der Waals surface area (Å²) in [5, 5.41) is 10.5. The molecule has 0 fully saturated rings. The van der Waals surface area contributed by atoms with Crippen LogP contribution in [0, 0.1) is 6.92 Å². The van der Waals surface area contributed by atoms with Gasteiger partial charge in [0.2, 0.25) is 0 Å². The molecule has 0 saturated carbocycles. The van der Waals surface area contributed by atoms with Crippen LogP contribution >= 0.6 is 0 Å². The van der Waals surface area contributed by atoms with Crippen molar-refractivity contribution >= 4 is 0 Å². The van der Waals surface area contributed by atoms with Gasteiger partial charge in [-0.1, -0.05) is 24.3 Å². The number of hydrogen-bond acceptors (Lipinski definition) is 3. The zero-order valence-electron chi connectivity index (χ0n) is 13.0. The van der Waals surface area contributed by atoms with Gasteiger partial charge in [-0.05, 0) is 55.7 Å². The van der Waals surface area contributed by atoms with Gasteiger partial charge in [0.25, 0.3) is 0 Å². The summed E-state index contributed by atoms with van der Waals surface area (Å²) >= 11 is 0. The Hall–Kier alpha value is -2.00. The minimum absolute atomic E-state index is 0.141. The van der Waals surface area contributed by atoms with E-state index < -0.39 is 6.10 Å². The van der Waals surface area contributed by atoms with E-state index in [0.717, 1.165) is 28.2 Å². The second-order valence-corrected chi connectivity index (χ2v) is 5.37. The summed E-state index contributed by atoms with van der Waals surface area (Å²) in [5.74, 6) is 1.59. The van der Waals surface area contributed by atoms with E-state index in [-0.39, 0.29) is 6.10 Å². The smallest absolute Gasteiger partial charge is 0.122 e. The quantitative estimate of drug-likeness (QED) is 0.906. The van der Waals surface area contributed by atoms with Crippen molar-refractivity contribution in [3.63, 3.8) is 0 Å². The number of ether oxygens (including phenoxy) is 2. The summed E-state index contributed by atoms with van der Waals surface area (Å²) < 4.78 is 10.9. The van der Waals surface area contributed by atoms with Gasteiger partial charge in [-0.15, -0.1) is 0 Å². The third-order valence-electron chi connectivity index (χ3n) is 3.32. The number of hydrogen-bond donors (Lipinski definition) is 1. The molecule has 2 aromatic carbocycles. The summed E-state index contributed by atoms with van der Waals surface area (Å²) in [7, 11) is 1.64. The lowest BCUT2D eigenvalue weighted by Gasteiger charge is -2.15. The molecule has 2 rings (SSSR count). The zero-order chi connectivity index (χ0) is 15.4. The van der Waals surface area contributed by atoms with Crippen LogP contribution in [-0.2, 0) is 0 Å². The summed E-state index contributed by atoms with van der Waals surface area (Å²) in [6.45, 7) is 5.95. The predicted molar refractivity (Wildman–Crippen MR) is 84.0 cm³/mol. The van der Waals surface area contributed by atoms with Crippen LogP contribution in [0.4, 0.5) is 0 Å². The summed E-state index contributed by atoms with van der Waals surface area (Å²) in [6.07, 6.45) is -0.533. The molecule has 0 spiro atoms. The third-order valence-corrected chi connectivity index (χ3v) is 3.32.